The summed E-state index contributed by atoms with van der Waals surface area (Å²) in [5, 5.41) is 0. The number of pyridine rings is 1. The number of likely N-dealkylation sites (tertiary alicyclic amines) is 1. The summed E-state index contributed by atoms with van der Waals surface area (Å²) < 4.78 is 0. The van der Waals surface area contributed by atoms with Gasteiger partial charge in [0.1, 0.15) is 0 Å². The number of nitrogens with zero attached hydrogens (tertiary/aromatic N) is 2. The molecule has 13 heavy (non-hydrogen) atoms. The van der Waals surface area contributed by atoms with Crippen LogP contribution in [0.2, 0.25) is 0 Å². The lowest BCUT2D eigenvalue weighted by atomic mass is 10.1. The molecule has 0 spiro atoms. The van der Waals surface area contributed by atoms with Gasteiger partial charge >= 0.3 is 0 Å². The van der Waals surface area contributed by atoms with Gasteiger partial charge in [0.25, 0.3) is 0 Å². The van der Waals surface area contributed by atoms with Gasteiger partial charge in [0.05, 0.1) is 0 Å². The molecule has 1 saturated heterocycles. The Morgan fingerprint density at radius 3 is 3.23 bits per heavy atom. The zero-order valence-corrected chi connectivity index (χ0v) is 8.11. The molecule has 2 rings (SSSR count). The summed E-state index contributed by atoms with van der Waals surface area (Å²) in [6.07, 6.45) is 6.46. The smallest absolute Gasteiger partial charge is 0.0363 e. The molecule has 0 amide bonds. The van der Waals surface area contributed by atoms with Gasteiger partial charge in [-0.25, -0.2) is 0 Å². The van der Waals surface area contributed by atoms with Crippen molar-refractivity contribution >= 4 is 0 Å². The van der Waals surface area contributed by atoms with Crippen LogP contribution in [0.15, 0.2) is 24.5 Å². The molecule has 1 aromatic rings. The highest BCUT2D eigenvalue weighted by molar-refractivity contribution is 5.15. The third-order valence-electron chi connectivity index (χ3n) is 2.84. The molecule has 1 atom stereocenters. The summed E-state index contributed by atoms with van der Waals surface area (Å²) in [4.78, 5) is 6.70. The fraction of sp³-hybridized carbons (Fsp3) is 0.545. The van der Waals surface area contributed by atoms with Crippen molar-refractivity contribution < 1.29 is 0 Å². The summed E-state index contributed by atoms with van der Waals surface area (Å²) in [5.74, 6) is 0. The van der Waals surface area contributed by atoms with Gasteiger partial charge < -0.3 is 0 Å². The van der Waals surface area contributed by atoms with Crippen LogP contribution in [0.1, 0.15) is 31.4 Å². The molecular formula is C11H16N2. The predicted octanol–water partition coefficient (Wildman–Crippen LogP) is 2.24. The Balaban J connectivity index is 2.16. The van der Waals surface area contributed by atoms with Crippen molar-refractivity contribution in [2.24, 2.45) is 0 Å². The van der Waals surface area contributed by atoms with Crippen LogP contribution in [0.5, 0.6) is 0 Å². The molecule has 0 saturated carbocycles. The lowest BCUT2D eigenvalue weighted by molar-refractivity contribution is 0.271. The van der Waals surface area contributed by atoms with E-state index in [1.54, 1.807) is 0 Å². The van der Waals surface area contributed by atoms with Gasteiger partial charge in [0, 0.05) is 18.4 Å². The van der Waals surface area contributed by atoms with E-state index in [1.807, 2.05) is 18.5 Å². The second kappa shape index (κ2) is 3.88. The topological polar surface area (TPSA) is 16.1 Å². The largest absolute Gasteiger partial charge is 0.297 e. The summed E-state index contributed by atoms with van der Waals surface area (Å²) in [6.45, 7) is 4.63. The highest BCUT2D eigenvalue weighted by Gasteiger charge is 2.24. The van der Waals surface area contributed by atoms with Crippen LogP contribution < -0.4 is 0 Å². The molecule has 1 aliphatic heterocycles. The molecule has 0 aromatic carbocycles. The van der Waals surface area contributed by atoms with Crippen LogP contribution >= 0.6 is 0 Å². The van der Waals surface area contributed by atoms with E-state index in [9.17, 15) is 0 Å². The average Bonchev–Trinajstić information content (AvgIpc) is 2.67. The summed E-state index contributed by atoms with van der Waals surface area (Å²) in [7, 11) is 0. The summed E-state index contributed by atoms with van der Waals surface area (Å²) in [6, 6.07) is 4.84. The molecule has 2 heterocycles. The first-order valence-electron chi connectivity index (χ1n) is 5.06. The Hall–Kier alpha value is -0.890. The summed E-state index contributed by atoms with van der Waals surface area (Å²) in [5.41, 5.74) is 1.38. The van der Waals surface area contributed by atoms with Gasteiger partial charge in [-0.1, -0.05) is 13.0 Å². The minimum absolute atomic E-state index is 0.624. The van der Waals surface area contributed by atoms with Crippen molar-refractivity contribution in [3.63, 3.8) is 0 Å². The van der Waals surface area contributed by atoms with E-state index in [1.165, 1.54) is 24.9 Å². The normalized spacial score (nSPS) is 23.6. The van der Waals surface area contributed by atoms with E-state index in [0.29, 0.717) is 6.04 Å². The monoisotopic (exact) mass is 176 g/mol. The maximum Gasteiger partial charge on any atom is 0.0363 e. The molecule has 2 nitrogen and oxygen atoms in total. The van der Waals surface area contributed by atoms with E-state index < -0.39 is 0 Å². The van der Waals surface area contributed by atoms with Crippen molar-refractivity contribution in [3.8, 4) is 0 Å². The second-order valence-corrected chi connectivity index (χ2v) is 3.57. The van der Waals surface area contributed by atoms with Crippen LogP contribution in [-0.2, 0) is 0 Å². The molecule has 0 bridgehead atoms. The molecule has 0 aliphatic carbocycles. The molecule has 0 unspecified atom stereocenters. The Labute approximate surface area is 79.6 Å². The third kappa shape index (κ3) is 1.73. The first-order valence-corrected chi connectivity index (χ1v) is 5.06. The van der Waals surface area contributed by atoms with Crippen molar-refractivity contribution in [1.82, 2.24) is 9.88 Å². The molecule has 2 heteroatoms. The van der Waals surface area contributed by atoms with Gasteiger partial charge in [-0.05, 0) is 37.6 Å². The first kappa shape index (κ1) is 8.70. The van der Waals surface area contributed by atoms with Crippen LogP contribution in [0.3, 0.4) is 0 Å². The lowest BCUT2D eigenvalue weighted by Crippen LogP contribution is -2.22. The fourth-order valence-corrected chi connectivity index (χ4v) is 2.16. The van der Waals surface area contributed by atoms with Gasteiger partial charge in [0.2, 0.25) is 0 Å². The van der Waals surface area contributed by atoms with Gasteiger partial charge in [-0.2, -0.15) is 0 Å². The zero-order valence-electron chi connectivity index (χ0n) is 8.11. The van der Waals surface area contributed by atoms with Crippen LogP contribution in [0.4, 0.5) is 0 Å². The Morgan fingerprint density at radius 1 is 1.62 bits per heavy atom. The zero-order chi connectivity index (χ0) is 9.10. The SMILES string of the molecule is CCN1CCC[C@H]1c1cccnc1. The van der Waals surface area contributed by atoms with Crippen molar-refractivity contribution in [1.29, 1.82) is 0 Å². The van der Waals surface area contributed by atoms with E-state index in [2.05, 4.69) is 22.9 Å². The van der Waals surface area contributed by atoms with Crippen LogP contribution in [0.25, 0.3) is 0 Å². The van der Waals surface area contributed by atoms with Gasteiger partial charge in [-0.15, -0.1) is 0 Å². The quantitative estimate of drug-likeness (QED) is 0.687. The minimum Gasteiger partial charge on any atom is -0.297 e. The van der Waals surface area contributed by atoms with Crippen LogP contribution in [0, 0.1) is 0 Å². The Kier molecular flexibility index (Phi) is 2.60. The van der Waals surface area contributed by atoms with Crippen molar-refractivity contribution in [2.45, 2.75) is 25.8 Å². The molecular weight excluding hydrogens is 160 g/mol. The first-order chi connectivity index (χ1) is 6.42. The molecule has 0 radical (unpaired) electrons. The predicted molar refractivity (Wildman–Crippen MR) is 53.5 cm³/mol. The van der Waals surface area contributed by atoms with E-state index in [4.69, 9.17) is 0 Å². The number of hydrogen-bond donors (Lipinski definition) is 0. The molecule has 70 valence electrons. The van der Waals surface area contributed by atoms with Crippen molar-refractivity contribution in [2.75, 3.05) is 13.1 Å². The maximum absolute atomic E-state index is 4.17. The Bertz CT molecular complexity index is 258. The molecule has 0 N–H and O–H groups in total. The second-order valence-electron chi connectivity index (χ2n) is 3.57. The van der Waals surface area contributed by atoms with E-state index in [0.717, 1.165) is 6.54 Å². The molecule has 1 fully saturated rings. The van der Waals surface area contributed by atoms with E-state index in [-0.39, 0.29) is 0 Å². The minimum atomic E-state index is 0.624. The van der Waals surface area contributed by atoms with Crippen molar-refractivity contribution in [3.05, 3.63) is 30.1 Å². The maximum atomic E-state index is 4.17. The van der Waals surface area contributed by atoms with E-state index >= 15 is 0 Å². The Morgan fingerprint density at radius 2 is 2.54 bits per heavy atom. The lowest BCUT2D eigenvalue weighted by Gasteiger charge is -2.22. The van der Waals surface area contributed by atoms with Gasteiger partial charge in [0.15, 0.2) is 0 Å². The number of rotatable bonds is 2. The third-order valence-corrected chi connectivity index (χ3v) is 2.84. The standard InChI is InChI=1S/C11H16N2/c1-2-13-8-4-6-11(13)10-5-3-7-12-9-10/h3,5,7,9,11H,2,4,6,8H2,1H3/t11-/m0/s1. The molecule has 1 aromatic heterocycles. The highest BCUT2D eigenvalue weighted by Crippen LogP contribution is 2.30. The van der Waals surface area contributed by atoms with Gasteiger partial charge in [-0.3, -0.25) is 9.88 Å². The number of aromatic nitrogens is 1. The number of hydrogen-bond acceptors (Lipinski definition) is 2. The fourth-order valence-electron chi connectivity index (χ4n) is 2.16. The molecule has 1 aliphatic rings. The van der Waals surface area contributed by atoms with Crippen LogP contribution in [-0.4, -0.2) is 23.0 Å². The highest BCUT2D eigenvalue weighted by atomic mass is 15.2. The summed E-state index contributed by atoms with van der Waals surface area (Å²) >= 11 is 0. The average molecular weight is 176 g/mol.